The van der Waals surface area contributed by atoms with Crippen LogP contribution in [0, 0.1) is 5.92 Å². The van der Waals surface area contributed by atoms with Crippen molar-refractivity contribution in [3.63, 3.8) is 0 Å². The van der Waals surface area contributed by atoms with Gasteiger partial charge in [-0.3, -0.25) is 9.59 Å². The first-order valence-electron chi connectivity index (χ1n) is 8.86. The molecule has 0 spiro atoms. The minimum Gasteiger partial charge on any atom is -0.353 e. The summed E-state index contributed by atoms with van der Waals surface area (Å²) in [6.07, 6.45) is 2.00. The third kappa shape index (κ3) is 2.76. The van der Waals surface area contributed by atoms with E-state index in [1.165, 1.54) is 21.6 Å². The number of nitrogens with one attached hydrogen (secondary N) is 1. The summed E-state index contributed by atoms with van der Waals surface area (Å²) in [6, 6.07) is 10.1. The summed E-state index contributed by atoms with van der Waals surface area (Å²) >= 11 is 1.57. The van der Waals surface area contributed by atoms with Crippen LogP contribution in [0.15, 0.2) is 30.3 Å². The van der Waals surface area contributed by atoms with Gasteiger partial charge < -0.3 is 10.2 Å². The number of fused-ring (bicyclic) bond motifs is 3. The first kappa shape index (κ1) is 16.3. The van der Waals surface area contributed by atoms with Crippen LogP contribution in [0.3, 0.4) is 0 Å². The van der Waals surface area contributed by atoms with Crippen molar-refractivity contribution in [2.45, 2.75) is 32.7 Å². The zero-order chi connectivity index (χ0) is 17.6. The molecule has 2 aromatic rings. The molecule has 0 unspecified atom stereocenters. The molecule has 1 aromatic carbocycles. The fraction of sp³-hybridized carbons (Fsp3) is 0.400. The number of carbonyl (C=O) groups excluding carboxylic acids is 2. The Hall–Kier alpha value is -2.14. The molecule has 1 N–H and O–H groups in total. The zero-order valence-corrected chi connectivity index (χ0v) is 15.4. The molecule has 1 atom stereocenters. The van der Waals surface area contributed by atoms with Gasteiger partial charge in [0.25, 0.3) is 5.91 Å². The van der Waals surface area contributed by atoms with Crippen molar-refractivity contribution in [1.29, 1.82) is 0 Å². The quantitative estimate of drug-likeness (QED) is 0.901. The fourth-order valence-corrected chi connectivity index (χ4v) is 5.12. The lowest BCUT2D eigenvalue weighted by Crippen LogP contribution is -2.59. The predicted molar refractivity (Wildman–Crippen MR) is 99.8 cm³/mol. The van der Waals surface area contributed by atoms with Gasteiger partial charge in [0.1, 0.15) is 6.04 Å². The van der Waals surface area contributed by atoms with Crippen LogP contribution < -0.4 is 5.32 Å². The van der Waals surface area contributed by atoms with E-state index in [9.17, 15) is 9.59 Å². The van der Waals surface area contributed by atoms with Crippen molar-refractivity contribution in [3.8, 4) is 10.4 Å². The van der Waals surface area contributed by atoms with Gasteiger partial charge >= 0.3 is 0 Å². The van der Waals surface area contributed by atoms with Crippen molar-refractivity contribution in [2.75, 3.05) is 13.1 Å². The van der Waals surface area contributed by atoms with Crippen LogP contribution in [0.2, 0.25) is 0 Å². The molecule has 1 fully saturated rings. The zero-order valence-electron chi connectivity index (χ0n) is 14.5. The van der Waals surface area contributed by atoms with Crippen molar-refractivity contribution in [2.24, 2.45) is 5.92 Å². The van der Waals surface area contributed by atoms with E-state index in [-0.39, 0.29) is 23.8 Å². The number of carbonyl (C=O) groups is 2. The predicted octanol–water partition coefficient (Wildman–Crippen LogP) is 3.11. The molecular formula is C20H22N2O2S. The molecular weight excluding hydrogens is 332 g/mol. The molecule has 1 saturated heterocycles. The Morgan fingerprint density at radius 1 is 1.24 bits per heavy atom. The molecule has 0 bridgehead atoms. The third-order valence-corrected chi connectivity index (χ3v) is 6.29. The van der Waals surface area contributed by atoms with Crippen LogP contribution in [0.4, 0.5) is 0 Å². The summed E-state index contributed by atoms with van der Waals surface area (Å²) in [5, 5.41) is 2.88. The molecule has 5 heteroatoms. The molecule has 2 aliphatic rings. The lowest BCUT2D eigenvalue weighted by atomic mass is 9.91. The second-order valence-electron chi connectivity index (χ2n) is 7.10. The summed E-state index contributed by atoms with van der Waals surface area (Å²) < 4.78 is 0. The van der Waals surface area contributed by atoms with Gasteiger partial charge in [-0.05, 0) is 41.5 Å². The van der Waals surface area contributed by atoms with Crippen LogP contribution in [0.25, 0.3) is 10.4 Å². The Bertz CT molecular complexity index is 840. The largest absolute Gasteiger partial charge is 0.353 e. The number of nitrogens with zero attached hydrogens (tertiary/aromatic N) is 1. The molecule has 0 radical (unpaired) electrons. The standard InChI is InChI=1S/C20H22N2O2S/c1-12(2)17-19(23)21-9-10-22(17)20(24)16-11-14-8-7-13-5-3-4-6-15(13)18(14)25-16/h3-6,11-12,17H,7-10H2,1-2H3,(H,21,23)/t17-/m1/s1. The first-order valence-corrected chi connectivity index (χ1v) is 9.67. The van der Waals surface area contributed by atoms with Gasteiger partial charge in [0, 0.05) is 18.0 Å². The molecule has 1 aromatic heterocycles. The van der Waals surface area contributed by atoms with Gasteiger partial charge in [0.05, 0.1) is 4.88 Å². The Balaban J connectivity index is 1.68. The van der Waals surface area contributed by atoms with Crippen LogP contribution in [0.1, 0.15) is 34.6 Å². The van der Waals surface area contributed by atoms with Crippen LogP contribution in [-0.2, 0) is 17.6 Å². The van der Waals surface area contributed by atoms with E-state index in [1.54, 1.807) is 16.2 Å². The van der Waals surface area contributed by atoms with Gasteiger partial charge in [-0.25, -0.2) is 0 Å². The minimum atomic E-state index is -0.382. The molecule has 2 heterocycles. The molecule has 1 aliphatic heterocycles. The molecule has 4 rings (SSSR count). The molecule has 2 amide bonds. The SMILES string of the molecule is CC(C)[C@@H]1C(=O)NCCN1C(=O)c1cc2c(s1)-c1ccccc1CC2. The minimum absolute atomic E-state index is 0.00886. The Morgan fingerprint density at radius 3 is 2.80 bits per heavy atom. The average Bonchev–Trinajstić information content (AvgIpc) is 3.05. The second-order valence-corrected chi connectivity index (χ2v) is 8.15. The van der Waals surface area contributed by atoms with Crippen molar-refractivity contribution < 1.29 is 9.59 Å². The number of piperazine rings is 1. The molecule has 25 heavy (non-hydrogen) atoms. The van der Waals surface area contributed by atoms with E-state index in [4.69, 9.17) is 0 Å². The van der Waals surface area contributed by atoms with Crippen LogP contribution >= 0.6 is 11.3 Å². The number of aryl methyl sites for hydroxylation is 2. The summed E-state index contributed by atoms with van der Waals surface area (Å²) in [7, 11) is 0. The van der Waals surface area contributed by atoms with E-state index in [1.807, 2.05) is 19.9 Å². The smallest absolute Gasteiger partial charge is 0.264 e. The van der Waals surface area contributed by atoms with E-state index in [0.29, 0.717) is 13.1 Å². The second kappa shape index (κ2) is 6.30. The van der Waals surface area contributed by atoms with Crippen molar-refractivity contribution >= 4 is 23.2 Å². The lowest BCUT2D eigenvalue weighted by Gasteiger charge is -2.37. The number of amides is 2. The molecule has 4 nitrogen and oxygen atoms in total. The van der Waals surface area contributed by atoms with Crippen molar-refractivity contribution in [1.82, 2.24) is 10.2 Å². The summed E-state index contributed by atoms with van der Waals surface area (Å²) in [5.74, 6) is 0.0475. The highest BCUT2D eigenvalue weighted by Gasteiger charge is 2.36. The van der Waals surface area contributed by atoms with Crippen LogP contribution in [0.5, 0.6) is 0 Å². The number of rotatable bonds is 2. The van der Waals surface area contributed by atoms with Gasteiger partial charge in [0.15, 0.2) is 0 Å². The molecule has 130 valence electrons. The summed E-state index contributed by atoms with van der Waals surface area (Å²) in [4.78, 5) is 29.1. The Labute approximate surface area is 151 Å². The maximum Gasteiger partial charge on any atom is 0.264 e. The van der Waals surface area contributed by atoms with Gasteiger partial charge in [0.2, 0.25) is 5.91 Å². The van der Waals surface area contributed by atoms with E-state index >= 15 is 0 Å². The van der Waals surface area contributed by atoms with E-state index in [2.05, 4.69) is 29.6 Å². The number of benzene rings is 1. The maximum atomic E-state index is 13.1. The lowest BCUT2D eigenvalue weighted by molar-refractivity contribution is -0.129. The summed E-state index contributed by atoms with van der Waals surface area (Å²) in [6.45, 7) is 5.09. The Kier molecular flexibility index (Phi) is 4.12. The number of thiophene rings is 1. The fourth-order valence-electron chi connectivity index (χ4n) is 3.89. The van der Waals surface area contributed by atoms with Gasteiger partial charge in [-0.15, -0.1) is 11.3 Å². The normalized spacial score (nSPS) is 19.4. The monoisotopic (exact) mass is 354 g/mol. The highest BCUT2D eigenvalue weighted by atomic mass is 32.1. The highest BCUT2D eigenvalue weighted by molar-refractivity contribution is 7.17. The van der Waals surface area contributed by atoms with Gasteiger partial charge in [-0.1, -0.05) is 38.1 Å². The Morgan fingerprint density at radius 2 is 2.00 bits per heavy atom. The van der Waals surface area contributed by atoms with E-state index in [0.717, 1.165) is 17.7 Å². The van der Waals surface area contributed by atoms with Crippen molar-refractivity contribution in [3.05, 3.63) is 46.3 Å². The molecule has 0 saturated carbocycles. The maximum absolute atomic E-state index is 13.1. The number of hydrogen-bond donors (Lipinski definition) is 1. The third-order valence-electron chi connectivity index (χ3n) is 5.09. The van der Waals surface area contributed by atoms with Gasteiger partial charge in [-0.2, -0.15) is 0 Å². The topological polar surface area (TPSA) is 49.4 Å². The van der Waals surface area contributed by atoms with Crippen LogP contribution in [-0.4, -0.2) is 35.8 Å². The number of hydrogen-bond acceptors (Lipinski definition) is 3. The first-order chi connectivity index (χ1) is 12.1. The highest BCUT2D eigenvalue weighted by Crippen LogP contribution is 2.40. The summed E-state index contributed by atoms with van der Waals surface area (Å²) in [5.41, 5.74) is 3.87. The average molecular weight is 354 g/mol. The molecule has 1 aliphatic carbocycles. The van der Waals surface area contributed by atoms with E-state index < -0.39 is 0 Å².